The summed E-state index contributed by atoms with van der Waals surface area (Å²) in [5.41, 5.74) is 28.9. The Bertz CT molecular complexity index is 4070. The van der Waals surface area contributed by atoms with Crippen LogP contribution in [0.1, 0.15) is 533 Å². The Morgan fingerprint density at radius 2 is 0.343 bits per heavy atom. The third kappa shape index (κ3) is 51.8. The van der Waals surface area contributed by atoms with E-state index in [9.17, 15) is 0 Å². The van der Waals surface area contributed by atoms with Gasteiger partial charge in [-0.1, -0.05) is 577 Å². The van der Waals surface area contributed by atoms with Gasteiger partial charge in [0.15, 0.2) is 0 Å². The van der Waals surface area contributed by atoms with Crippen molar-refractivity contribution in [3.63, 3.8) is 0 Å². The molecule has 10 aromatic rings. The molecule has 0 spiro atoms. The summed E-state index contributed by atoms with van der Waals surface area (Å²) in [5.74, 6) is 0. The minimum Gasteiger partial charge on any atom is -0.264 e. The summed E-state index contributed by atoms with van der Waals surface area (Å²) in [6, 6.07) is 54.5. The van der Waals surface area contributed by atoms with E-state index in [1.807, 2.05) is 154 Å². The van der Waals surface area contributed by atoms with Crippen molar-refractivity contribution in [3.05, 3.63) is 291 Å². The molecule has 0 bridgehead atoms. The highest BCUT2D eigenvalue weighted by Gasteiger charge is 2.34. The molecular formula is C133H225N7. The summed E-state index contributed by atoms with van der Waals surface area (Å²) in [7, 11) is 0. The molecule has 0 fully saturated rings. The highest BCUT2D eigenvalue weighted by atomic mass is 14.8. The maximum Gasteiger partial charge on any atom is 0.115 e. The second kappa shape index (κ2) is 62.4. The predicted octanol–water partition coefficient (Wildman–Crippen LogP) is 41.6. The van der Waals surface area contributed by atoms with Crippen molar-refractivity contribution in [3.8, 4) is 22.3 Å². The molecule has 7 nitrogen and oxygen atoms in total. The molecule has 140 heavy (non-hydrogen) atoms. The van der Waals surface area contributed by atoms with E-state index in [1.54, 1.807) is 18.7 Å². The van der Waals surface area contributed by atoms with Crippen molar-refractivity contribution in [2.75, 3.05) is 0 Å². The van der Waals surface area contributed by atoms with Gasteiger partial charge in [0, 0.05) is 81.8 Å². The molecule has 10 rings (SSSR count). The first-order valence-corrected chi connectivity index (χ1v) is 53.8. The lowest BCUT2D eigenvalue weighted by molar-refractivity contribution is 0.498. The number of aromatic nitrogens is 7. The van der Waals surface area contributed by atoms with Gasteiger partial charge >= 0.3 is 0 Å². The maximum atomic E-state index is 4.52. The fraction of sp³-hybridized carbons (Fsp3) is 0.602. The van der Waals surface area contributed by atoms with Crippen LogP contribution in [0, 0.1) is 0 Å². The lowest BCUT2D eigenvalue weighted by Crippen LogP contribution is -2.24. The Balaban J connectivity index is -0.000000360. The molecule has 0 aliphatic heterocycles. The topological polar surface area (TPSA) is 90.2 Å². The van der Waals surface area contributed by atoms with Gasteiger partial charge < -0.3 is 0 Å². The summed E-state index contributed by atoms with van der Waals surface area (Å²) in [5, 5.41) is 0. The zero-order valence-electron chi connectivity index (χ0n) is 104. The second-order valence-corrected chi connectivity index (χ2v) is 50.6. The van der Waals surface area contributed by atoms with Crippen molar-refractivity contribution < 1.29 is 0 Å². The smallest absolute Gasteiger partial charge is 0.115 e. The molecular weight excluding hydrogens is 1700 g/mol. The summed E-state index contributed by atoms with van der Waals surface area (Å²) >= 11 is 0. The summed E-state index contributed by atoms with van der Waals surface area (Å²) in [6.07, 6.45) is 14.8. The molecule has 5 aromatic carbocycles. The number of benzene rings is 5. The monoisotopic (exact) mass is 1920 g/mol. The number of hydrogen-bond donors (Lipinski definition) is 0. The van der Waals surface area contributed by atoms with Crippen molar-refractivity contribution in [2.24, 2.45) is 0 Å². The predicted molar refractivity (Wildman–Crippen MR) is 637 cm³/mol. The SMILES string of the molecule is CC.CC.CC.CC.CC.CC.CC.CC.CC(C)(C)c1ccc(-c2ccccc2)cc1C(C)(C)C.CC(C)(C)c1ccc(-c2ccccc2)cc1C(C)(C)C.CC(C)(C)c1ccccc1C(C)(C)C.CC(C)(C)c1cccnc1C(C)(C)C.CC(C)(C)c1cccnc1C(C)(C)C.CC(C)(C)c1ccncc1C(C)(C)C.CC(C)(C)c1cncnc1C(C)(C)C.CC(C)(C)c1nccnc1C(C)(C)C. The van der Waals surface area contributed by atoms with Gasteiger partial charge in [0.1, 0.15) is 6.33 Å². The van der Waals surface area contributed by atoms with Crippen molar-refractivity contribution >= 4 is 0 Å². The molecule has 0 unspecified atom stereocenters. The fourth-order valence-corrected chi connectivity index (χ4v) is 14.8. The molecule has 5 aromatic heterocycles. The third-order valence-corrected chi connectivity index (χ3v) is 21.5. The van der Waals surface area contributed by atoms with E-state index >= 15 is 0 Å². The zero-order valence-corrected chi connectivity index (χ0v) is 104. The van der Waals surface area contributed by atoms with Crippen LogP contribution in [-0.2, 0) is 86.6 Å². The highest BCUT2D eigenvalue weighted by molar-refractivity contribution is 5.67. The lowest BCUT2D eigenvalue weighted by atomic mass is 9.74. The van der Waals surface area contributed by atoms with Crippen LogP contribution in [0.5, 0.6) is 0 Å². The van der Waals surface area contributed by atoms with Crippen LogP contribution in [0.3, 0.4) is 0 Å². The van der Waals surface area contributed by atoms with Crippen LogP contribution in [0.25, 0.3) is 22.3 Å². The lowest BCUT2D eigenvalue weighted by Gasteiger charge is -2.30. The fourth-order valence-electron chi connectivity index (χ4n) is 14.8. The molecule has 0 N–H and O–H groups in total. The Morgan fingerprint density at radius 1 is 0.136 bits per heavy atom. The van der Waals surface area contributed by atoms with Gasteiger partial charge in [0.25, 0.3) is 0 Å². The van der Waals surface area contributed by atoms with Gasteiger partial charge in [0.2, 0.25) is 0 Å². The molecule has 0 aliphatic carbocycles. The van der Waals surface area contributed by atoms with E-state index in [0.717, 1.165) is 17.1 Å². The molecule has 0 aliphatic rings. The first-order chi connectivity index (χ1) is 63.8. The van der Waals surface area contributed by atoms with Crippen LogP contribution in [-0.4, -0.2) is 34.9 Å². The van der Waals surface area contributed by atoms with E-state index in [-0.39, 0.29) is 86.6 Å². The van der Waals surface area contributed by atoms with Crippen molar-refractivity contribution in [2.45, 2.75) is 530 Å². The molecule has 7 heteroatoms. The van der Waals surface area contributed by atoms with Crippen LogP contribution in [0.15, 0.2) is 201 Å². The molecule has 0 saturated heterocycles. The molecule has 0 amide bonds. The van der Waals surface area contributed by atoms with E-state index in [1.165, 1.54) is 94.8 Å². The number of nitrogens with zero attached hydrogens (tertiary/aromatic N) is 7. The second-order valence-electron chi connectivity index (χ2n) is 50.6. The number of rotatable bonds is 2. The summed E-state index contributed by atoms with van der Waals surface area (Å²) in [6.45, 7) is 140. The van der Waals surface area contributed by atoms with E-state index in [2.05, 4.69) is 507 Å². The summed E-state index contributed by atoms with van der Waals surface area (Å²) < 4.78 is 0. The van der Waals surface area contributed by atoms with Crippen molar-refractivity contribution in [1.29, 1.82) is 0 Å². The number of pyridine rings is 3. The van der Waals surface area contributed by atoms with Crippen LogP contribution in [0.2, 0.25) is 0 Å². The van der Waals surface area contributed by atoms with Crippen molar-refractivity contribution in [1.82, 2.24) is 34.9 Å². The van der Waals surface area contributed by atoms with Crippen LogP contribution >= 0.6 is 0 Å². The quantitative estimate of drug-likeness (QED) is 0.170. The first-order valence-electron chi connectivity index (χ1n) is 53.8. The standard InChI is InChI=1S/2C20H26.C14H22.3C13H21N.2C12H20N2.8C2H6/c2*1-19(2,3)17-13-12-16(14-18(17)20(4,5)6)15-10-8-7-9-11-15;1-13(2,3)11-9-7-8-10-12(11)14(4,5)6;1-12(2,3)10-7-8-14-9-11(10)13(4,5)6;2*1-12(2,3)10-8-7-9-14-11(10)13(4,5)6;1-11(2,3)9-7-13-8-14-10(9)12(4,5)6;1-11(2,3)9-10(12(4,5)6)14-8-7-13-9;8*1-2/h2*7-14H,1-6H3;7-10H,1-6H3;3*7-9H,1-6H3;2*7-8H,1-6H3;8*1-2H3. The average molecular weight is 1920 g/mol. The molecule has 0 radical (unpaired) electrons. The Morgan fingerprint density at radius 3 is 0.564 bits per heavy atom. The van der Waals surface area contributed by atoms with Gasteiger partial charge in [-0.15, -0.1) is 0 Å². The Kier molecular flexibility index (Phi) is 63.5. The molecule has 792 valence electrons. The normalized spacial score (nSPS) is 11.7. The minimum absolute atomic E-state index is 0.0663. The molecule has 0 saturated carbocycles. The maximum absolute atomic E-state index is 4.52. The molecule has 5 heterocycles. The van der Waals surface area contributed by atoms with Gasteiger partial charge in [-0.05, 0) is 161 Å². The average Bonchev–Trinajstić information content (AvgIpc) is 0.780. The van der Waals surface area contributed by atoms with E-state index in [0.29, 0.717) is 0 Å². The summed E-state index contributed by atoms with van der Waals surface area (Å²) in [4.78, 5) is 30.7. The Hall–Kier alpha value is -8.29. The highest BCUT2D eigenvalue weighted by Crippen LogP contribution is 2.42. The molecule has 0 atom stereocenters. The third-order valence-electron chi connectivity index (χ3n) is 21.5. The van der Waals surface area contributed by atoms with Gasteiger partial charge in [0.05, 0.1) is 17.1 Å². The number of hydrogen-bond acceptors (Lipinski definition) is 7. The first kappa shape index (κ1) is 142. The zero-order chi connectivity index (χ0) is 112. The van der Waals surface area contributed by atoms with Gasteiger partial charge in [-0.25, -0.2) is 9.97 Å². The minimum atomic E-state index is 0.0663. The largest absolute Gasteiger partial charge is 0.264 e. The van der Waals surface area contributed by atoms with Crippen LogP contribution in [0.4, 0.5) is 0 Å². The van der Waals surface area contributed by atoms with E-state index < -0.39 is 0 Å². The van der Waals surface area contributed by atoms with Crippen LogP contribution < -0.4 is 0 Å². The van der Waals surface area contributed by atoms with Gasteiger partial charge in [-0.3, -0.25) is 24.9 Å². The Labute approximate surface area is 872 Å². The van der Waals surface area contributed by atoms with E-state index in [4.69, 9.17) is 0 Å². The van der Waals surface area contributed by atoms with Gasteiger partial charge in [-0.2, -0.15) is 0 Å².